The molecule has 1 fully saturated rings. The number of nitrogens with zero attached hydrogens (tertiary/aromatic N) is 4. The van der Waals surface area contributed by atoms with Gasteiger partial charge < -0.3 is 21.7 Å². The Morgan fingerprint density at radius 3 is 2.48 bits per heavy atom. The molecule has 4 aromatic rings. The number of alkyl halides is 3. The molecule has 0 radical (unpaired) electrons. The smallest absolute Gasteiger partial charge is 0.368 e. The summed E-state index contributed by atoms with van der Waals surface area (Å²) in [4.78, 5) is 33.8. The molecule has 0 aliphatic heterocycles. The summed E-state index contributed by atoms with van der Waals surface area (Å²) in [5, 5.41) is 13.2. The molecule has 1 saturated carbocycles. The zero-order chi connectivity index (χ0) is 28.6. The average molecular weight is 551 g/mol. The Morgan fingerprint density at radius 2 is 1.77 bits per heavy atom. The average Bonchev–Trinajstić information content (AvgIpc) is 3.60. The number of anilines is 4. The lowest BCUT2D eigenvalue weighted by atomic mass is 10.1. The Morgan fingerprint density at radius 1 is 1.00 bits per heavy atom. The van der Waals surface area contributed by atoms with Crippen molar-refractivity contribution in [2.75, 3.05) is 16.4 Å². The number of hydrogen-bond donors (Lipinski definition) is 4. The van der Waals surface area contributed by atoms with Gasteiger partial charge >= 0.3 is 6.18 Å². The molecule has 13 heteroatoms. The van der Waals surface area contributed by atoms with E-state index >= 15 is 0 Å². The maximum atomic E-state index is 13.1. The molecule has 1 aliphatic rings. The summed E-state index contributed by atoms with van der Waals surface area (Å²) in [6.07, 6.45) is -2.74. The fraction of sp³-hybridized carbons (Fsp3) is 0.222. The molecule has 5 rings (SSSR count). The Kier molecular flexibility index (Phi) is 6.88. The molecule has 1 aliphatic carbocycles. The van der Waals surface area contributed by atoms with E-state index in [2.05, 4.69) is 31.0 Å². The minimum Gasteiger partial charge on any atom is -0.368 e. The number of nitrogen functional groups attached to an aromatic ring is 1. The van der Waals surface area contributed by atoms with Gasteiger partial charge in [0.25, 0.3) is 11.8 Å². The van der Waals surface area contributed by atoms with Gasteiger partial charge in [0, 0.05) is 40.8 Å². The molecule has 2 amide bonds. The van der Waals surface area contributed by atoms with Crippen LogP contribution >= 0.6 is 0 Å². The van der Waals surface area contributed by atoms with Gasteiger partial charge in [-0.15, -0.1) is 0 Å². The van der Waals surface area contributed by atoms with E-state index in [1.54, 1.807) is 37.3 Å². The lowest BCUT2D eigenvalue weighted by molar-refractivity contribution is -0.137. The van der Waals surface area contributed by atoms with E-state index in [-0.39, 0.29) is 29.2 Å². The van der Waals surface area contributed by atoms with Crippen LogP contribution in [0, 0.1) is 13.8 Å². The van der Waals surface area contributed by atoms with Gasteiger partial charge in [-0.25, -0.2) is 4.98 Å². The Labute approximate surface area is 226 Å². The van der Waals surface area contributed by atoms with E-state index in [1.807, 2.05) is 6.92 Å². The van der Waals surface area contributed by atoms with Gasteiger partial charge in [-0.2, -0.15) is 27.9 Å². The van der Waals surface area contributed by atoms with E-state index in [4.69, 9.17) is 5.73 Å². The second-order valence-corrected chi connectivity index (χ2v) is 9.49. The molecule has 0 spiro atoms. The number of benzene rings is 2. The van der Waals surface area contributed by atoms with Crippen LogP contribution in [0.4, 0.5) is 36.3 Å². The SMILES string of the molecule is Cc1cc(-n2nc(C(=O)NC3CC3)cc2Nc2cc(NC(=O)c3cccc(C(F)(F)F)c3)ccc2C)nc(N)n1. The number of aromatic nitrogens is 4. The highest BCUT2D eigenvalue weighted by molar-refractivity contribution is 6.04. The van der Waals surface area contributed by atoms with Gasteiger partial charge in [0.2, 0.25) is 5.95 Å². The summed E-state index contributed by atoms with van der Waals surface area (Å²) < 4.78 is 40.7. The predicted molar refractivity (Wildman–Crippen MR) is 143 cm³/mol. The molecular weight excluding hydrogens is 525 g/mol. The van der Waals surface area contributed by atoms with Crippen LogP contribution in [-0.2, 0) is 6.18 Å². The molecule has 0 atom stereocenters. The number of aryl methyl sites for hydroxylation is 2. The van der Waals surface area contributed by atoms with Gasteiger partial charge in [-0.3, -0.25) is 9.59 Å². The van der Waals surface area contributed by atoms with Gasteiger partial charge in [0.1, 0.15) is 5.82 Å². The van der Waals surface area contributed by atoms with Crippen molar-refractivity contribution in [2.45, 2.75) is 38.9 Å². The molecule has 2 heterocycles. The molecule has 0 saturated heterocycles. The van der Waals surface area contributed by atoms with Crippen LogP contribution in [-0.4, -0.2) is 37.6 Å². The normalized spacial score (nSPS) is 13.1. The maximum absolute atomic E-state index is 13.1. The van der Waals surface area contributed by atoms with Crippen molar-refractivity contribution in [1.29, 1.82) is 0 Å². The first-order valence-corrected chi connectivity index (χ1v) is 12.3. The first-order valence-electron chi connectivity index (χ1n) is 12.3. The highest BCUT2D eigenvalue weighted by atomic mass is 19.4. The second-order valence-electron chi connectivity index (χ2n) is 9.49. The lowest BCUT2D eigenvalue weighted by Crippen LogP contribution is -2.25. The van der Waals surface area contributed by atoms with Crippen molar-refractivity contribution >= 4 is 35.0 Å². The molecule has 206 valence electrons. The third-order valence-corrected chi connectivity index (χ3v) is 6.14. The number of hydrogen-bond acceptors (Lipinski definition) is 7. The number of carbonyl (C=O) groups excluding carboxylic acids is 2. The summed E-state index contributed by atoms with van der Waals surface area (Å²) in [5.74, 6) is -0.262. The molecule has 2 aromatic heterocycles. The number of carbonyl (C=O) groups is 2. The molecule has 0 bridgehead atoms. The van der Waals surface area contributed by atoms with Crippen molar-refractivity contribution in [2.24, 2.45) is 0 Å². The maximum Gasteiger partial charge on any atom is 0.416 e. The van der Waals surface area contributed by atoms with E-state index in [0.29, 0.717) is 28.7 Å². The fourth-order valence-corrected chi connectivity index (χ4v) is 3.94. The number of rotatable bonds is 7. The summed E-state index contributed by atoms with van der Waals surface area (Å²) in [6, 6.07) is 12.5. The van der Waals surface area contributed by atoms with E-state index in [0.717, 1.165) is 30.5 Å². The zero-order valence-electron chi connectivity index (χ0n) is 21.5. The summed E-state index contributed by atoms with van der Waals surface area (Å²) >= 11 is 0. The van der Waals surface area contributed by atoms with Crippen LogP contribution in [0.1, 0.15) is 50.5 Å². The fourth-order valence-electron chi connectivity index (χ4n) is 3.94. The minimum absolute atomic E-state index is 0.0379. The zero-order valence-corrected chi connectivity index (χ0v) is 21.5. The number of amides is 2. The third-order valence-electron chi connectivity index (χ3n) is 6.14. The summed E-state index contributed by atoms with van der Waals surface area (Å²) in [7, 11) is 0. The Balaban J connectivity index is 1.44. The van der Waals surface area contributed by atoms with Gasteiger partial charge in [-0.1, -0.05) is 12.1 Å². The number of nitrogens with two attached hydrogens (primary N) is 1. The van der Waals surface area contributed by atoms with Gasteiger partial charge in [0.15, 0.2) is 11.5 Å². The van der Waals surface area contributed by atoms with Crippen molar-refractivity contribution in [3.63, 3.8) is 0 Å². The predicted octanol–water partition coefficient (Wildman–Crippen LogP) is 4.77. The summed E-state index contributed by atoms with van der Waals surface area (Å²) in [5.41, 5.74) is 7.24. The topological polar surface area (TPSA) is 140 Å². The van der Waals surface area contributed by atoms with Crippen LogP contribution in [0.3, 0.4) is 0 Å². The van der Waals surface area contributed by atoms with Crippen LogP contribution < -0.4 is 21.7 Å². The largest absolute Gasteiger partial charge is 0.416 e. The van der Waals surface area contributed by atoms with Crippen molar-refractivity contribution in [1.82, 2.24) is 25.1 Å². The Bertz CT molecular complexity index is 1590. The highest BCUT2D eigenvalue weighted by Crippen LogP contribution is 2.30. The number of nitrogens with one attached hydrogen (secondary N) is 3. The lowest BCUT2D eigenvalue weighted by Gasteiger charge is -2.14. The summed E-state index contributed by atoms with van der Waals surface area (Å²) in [6.45, 7) is 3.58. The third kappa shape index (κ3) is 6.03. The van der Waals surface area contributed by atoms with Gasteiger partial charge in [0.05, 0.1) is 5.56 Å². The van der Waals surface area contributed by atoms with E-state index in [9.17, 15) is 22.8 Å². The first-order chi connectivity index (χ1) is 19.0. The molecule has 40 heavy (non-hydrogen) atoms. The van der Waals surface area contributed by atoms with Crippen molar-refractivity contribution < 1.29 is 22.8 Å². The molecular formula is C27H25F3N8O2. The quantitative estimate of drug-likeness (QED) is 0.260. The first kappa shape index (κ1) is 26.7. The molecule has 0 unspecified atom stereocenters. The molecule has 10 nitrogen and oxygen atoms in total. The van der Waals surface area contributed by atoms with E-state index < -0.39 is 17.6 Å². The molecule has 2 aromatic carbocycles. The minimum atomic E-state index is -4.57. The standard InChI is InChI=1S/C27H25F3N8O2/c1-14-6-7-19(34-24(39)16-4-3-5-17(11-16)27(28,29)30)12-20(14)35-23-13-21(25(40)33-18-8-9-18)37-38(23)22-10-15(2)32-26(31)36-22/h3-7,10-13,18,35H,8-9H2,1-2H3,(H,33,40)(H,34,39)(H2,31,32,36). The molecule has 5 N–H and O–H groups in total. The van der Waals surface area contributed by atoms with Crippen LogP contribution in [0.2, 0.25) is 0 Å². The van der Waals surface area contributed by atoms with Crippen LogP contribution in [0.5, 0.6) is 0 Å². The van der Waals surface area contributed by atoms with Crippen LogP contribution in [0.25, 0.3) is 5.82 Å². The monoisotopic (exact) mass is 550 g/mol. The Hall–Kier alpha value is -4.94. The second kappa shape index (κ2) is 10.3. The van der Waals surface area contributed by atoms with Crippen molar-refractivity contribution in [3.05, 3.63) is 82.7 Å². The van der Waals surface area contributed by atoms with Crippen molar-refractivity contribution in [3.8, 4) is 5.82 Å². The van der Waals surface area contributed by atoms with Gasteiger partial charge in [-0.05, 0) is 62.6 Å². The van der Waals surface area contributed by atoms with Crippen LogP contribution in [0.15, 0.2) is 54.6 Å². The number of halogens is 3. The highest BCUT2D eigenvalue weighted by Gasteiger charge is 2.31. The van der Waals surface area contributed by atoms with E-state index in [1.165, 1.54) is 16.8 Å².